The Labute approximate surface area is 184 Å². The number of aromatic nitrogens is 2. The number of phenols is 1. The van der Waals surface area contributed by atoms with E-state index in [0.29, 0.717) is 5.02 Å². The summed E-state index contributed by atoms with van der Waals surface area (Å²) in [6.45, 7) is 2.08. The second-order valence-electron chi connectivity index (χ2n) is 5.87. The maximum atomic E-state index is 8.79. The maximum Gasteiger partial charge on any atom is 0.134 e. The van der Waals surface area contributed by atoms with Gasteiger partial charge in [-0.05, 0) is 24.3 Å². The number of pyridine rings is 2. The summed E-state index contributed by atoms with van der Waals surface area (Å²) in [5.41, 5.74) is 5.05. The van der Waals surface area contributed by atoms with E-state index in [1.54, 1.807) is 36.7 Å². The molecule has 2 heterocycles. The number of hydrogen-bond donors (Lipinski definition) is 1. The average Bonchev–Trinajstić information content (AvgIpc) is 2.72. The summed E-state index contributed by atoms with van der Waals surface area (Å²) in [7, 11) is 0. The molecule has 0 unspecified atom stereocenters. The summed E-state index contributed by atoms with van der Waals surface area (Å²) in [4.78, 5) is 8.75. The first-order chi connectivity index (χ1) is 13.1. The van der Waals surface area contributed by atoms with Gasteiger partial charge in [0.05, 0.1) is 5.02 Å². The topological polar surface area (TPSA) is 46.0 Å². The third-order valence-electron chi connectivity index (χ3n) is 3.75. The fraction of sp³-hybridized carbons (Fsp3) is 0.0435. The standard InChI is InChI=1S/C17H13N2.C6H5ClO.Pt/c1-13-10-14(16-6-2-4-8-18-16)12-15(11-13)17-7-3-5-9-19-17;7-5-3-1-2-4-6(5)8;/h2-11H,1H3;1-4,8H;/q-1;;. The summed E-state index contributed by atoms with van der Waals surface area (Å²) in [5, 5.41) is 9.18. The van der Waals surface area contributed by atoms with Crippen molar-refractivity contribution in [1.82, 2.24) is 9.97 Å². The third-order valence-corrected chi connectivity index (χ3v) is 4.07. The van der Waals surface area contributed by atoms with Crippen LogP contribution in [0.3, 0.4) is 0 Å². The molecule has 0 aliphatic heterocycles. The normalized spacial score (nSPS) is 9.64. The number of rotatable bonds is 2. The molecule has 0 spiro atoms. The molecule has 3 nitrogen and oxygen atoms in total. The number of aromatic hydroxyl groups is 1. The zero-order valence-electron chi connectivity index (χ0n) is 15.1. The number of aryl methyl sites for hydroxylation is 1. The second kappa shape index (κ2) is 10.7. The van der Waals surface area contributed by atoms with Gasteiger partial charge in [-0.25, -0.2) is 0 Å². The quantitative estimate of drug-likeness (QED) is 0.304. The van der Waals surface area contributed by atoms with Gasteiger partial charge in [-0.1, -0.05) is 66.0 Å². The van der Waals surface area contributed by atoms with Crippen molar-refractivity contribution in [1.29, 1.82) is 0 Å². The number of hydrogen-bond acceptors (Lipinski definition) is 3. The Morgan fingerprint density at radius 1 is 0.786 bits per heavy atom. The van der Waals surface area contributed by atoms with E-state index in [-0.39, 0.29) is 26.8 Å². The van der Waals surface area contributed by atoms with E-state index in [9.17, 15) is 0 Å². The van der Waals surface area contributed by atoms with Crippen LogP contribution in [0.2, 0.25) is 5.02 Å². The van der Waals surface area contributed by atoms with Gasteiger partial charge in [-0.2, -0.15) is 0 Å². The molecular formula is C23H18ClN2OPt-. The van der Waals surface area contributed by atoms with E-state index in [4.69, 9.17) is 16.7 Å². The number of nitrogens with zero attached hydrogens (tertiary/aromatic N) is 2. The minimum Gasteiger partial charge on any atom is -0.506 e. The minimum absolute atomic E-state index is 0. The van der Waals surface area contributed by atoms with Crippen LogP contribution in [-0.4, -0.2) is 15.1 Å². The van der Waals surface area contributed by atoms with Crippen LogP contribution in [0, 0.1) is 13.0 Å². The van der Waals surface area contributed by atoms with Crippen molar-refractivity contribution < 1.29 is 26.2 Å². The van der Waals surface area contributed by atoms with Gasteiger partial charge in [0, 0.05) is 44.8 Å². The van der Waals surface area contributed by atoms with Gasteiger partial charge in [0.15, 0.2) is 0 Å². The largest absolute Gasteiger partial charge is 0.506 e. The number of halogens is 1. The van der Waals surface area contributed by atoms with Crippen molar-refractivity contribution in [2.75, 3.05) is 0 Å². The Balaban J connectivity index is 0.000000264. The summed E-state index contributed by atoms with van der Waals surface area (Å²) in [5.74, 6) is 0.133. The van der Waals surface area contributed by atoms with Crippen LogP contribution in [0.1, 0.15) is 5.56 Å². The zero-order valence-corrected chi connectivity index (χ0v) is 18.1. The SMILES string of the molecule is Cc1cc(-c2ccccn2)[c-]c(-c2ccccn2)c1.Oc1ccccc1Cl.[Pt]. The summed E-state index contributed by atoms with van der Waals surface area (Å²) >= 11 is 5.46. The molecule has 0 amide bonds. The zero-order chi connectivity index (χ0) is 19.1. The molecular weight excluding hydrogens is 551 g/mol. The Morgan fingerprint density at radius 3 is 1.68 bits per heavy atom. The van der Waals surface area contributed by atoms with Gasteiger partial charge in [0.25, 0.3) is 0 Å². The van der Waals surface area contributed by atoms with Gasteiger partial charge in [-0.15, -0.1) is 23.8 Å². The van der Waals surface area contributed by atoms with Gasteiger partial charge < -0.3 is 5.11 Å². The number of phenolic OH excluding ortho intramolecular Hbond substituents is 1. The van der Waals surface area contributed by atoms with E-state index in [2.05, 4.69) is 35.1 Å². The van der Waals surface area contributed by atoms with Gasteiger partial charge >= 0.3 is 0 Å². The molecule has 2 aromatic heterocycles. The van der Waals surface area contributed by atoms with E-state index >= 15 is 0 Å². The molecule has 1 N–H and O–H groups in total. The number of para-hydroxylation sites is 1. The first-order valence-corrected chi connectivity index (χ1v) is 8.81. The Kier molecular flexibility index (Phi) is 8.37. The minimum atomic E-state index is 0. The van der Waals surface area contributed by atoms with Crippen LogP contribution < -0.4 is 0 Å². The average molecular weight is 569 g/mol. The molecule has 4 rings (SSSR count). The molecule has 0 fully saturated rings. The molecule has 0 radical (unpaired) electrons. The van der Waals surface area contributed by atoms with Crippen molar-refractivity contribution in [2.45, 2.75) is 6.92 Å². The second-order valence-corrected chi connectivity index (χ2v) is 6.27. The smallest absolute Gasteiger partial charge is 0.134 e. The molecule has 0 atom stereocenters. The van der Waals surface area contributed by atoms with Crippen LogP contribution in [0.15, 0.2) is 85.2 Å². The Bertz CT molecular complexity index is 932. The maximum absolute atomic E-state index is 8.79. The van der Waals surface area contributed by atoms with Crippen molar-refractivity contribution in [2.24, 2.45) is 0 Å². The molecule has 28 heavy (non-hydrogen) atoms. The molecule has 144 valence electrons. The fourth-order valence-electron chi connectivity index (χ4n) is 2.49. The predicted molar refractivity (Wildman–Crippen MR) is 110 cm³/mol. The van der Waals surface area contributed by atoms with Crippen molar-refractivity contribution in [3.63, 3.8) is 0 Å². The van der Waals surface area contributed by atoms with Crippen molar-refractivity contribution >= 4 is 11.6 Å². The molecule has 0 saturated heterocycles. The third kappa shape index (κ3) is 6.02. The summed E-state index contributed by atoms with van der Waals surface area (Å²) < 4.78 is 0. The van der Waals surface area contributed by atoms with Gasteiger partial charge in [-0.3, -0.25) is 9.97 Å². The van der Waals surface area contributed by atoms with Crippen LogP contribution in [0.5, 0.6) is 5.75 Å². The monoisotopic (exact) mass is 568 g/mol. The number of benzene rings is 2. The molecule has 2 aromatic carbocycles. The summed E-state index contributed by atoms with van der Waals surface area (Å²) in [6.07, 6.45) is 3.60. The molecule has 0 bridgehead atoms. The van der Waals surface area contributed by atoms with Crippen molar-refractivity contribution in [3.05, 3.63) is 102 Å². The summed E-state index contributed by atoms with van der Waals surface area (Å²) in [6, 6.07) is 26.0. The van der Waals surface area contributed by atoms with E-state index < -0.39 is 0 Å². The molecule has 5 heteroatoms. The van der Waals surface area contributed by atoms with Crippen LogP contribution in [0.25, 0.3) is 22.5 Å². The first kappa shape index (κ1) is 21.8. The van der Waals surface area contributed by atoms with E-state index in [1.165, 1.54) is 5.56 Å². The first-order valence-electron chi connectivity index (χ1n) is 8.44. The molecule has 0 saturated carbocycles. The van der Waals surface area contributed by atoms with Gasteiger partial charge in [0.2, 0.25) is 0 Å². The van der Waals surface area contributed by atoms with Crippen molar-refractivity contribution in [3.8, 4) is 28.3 Å². The predicted octanol–water partition coefficient (Wildman–Crippen LogP) is 5.96. The van der Waals surface area contributed by atoms with Crippen LogP contribution in [0.4, 0.5) is 0 Å². The van der Waals surface area contributed by atoms with Crippen LogP contribution in [-0.2, 0) is 21.1 Å². The van der Waals surface area contributed by atoms with Crippen LogP contribution >= 0.6 is 11.6 Å². The van der Waals surface area contributed by atoms with E-state index in [1.807, 2.05) is 36.4 Å². The molecule has 0 aliphatic carbocycles. The molecule has 0 aliphatic rings. The van der Waals surface area contributed by atoms with Gasteiger partial charge in [0.1, 0.15) is 5.75 Å². The van der Waals surface area contributed by atoms with E-state index in [0.717, 1.165) is 22.5 Å². The Morgan fingerprint density at radius 2 is 1.29 bits per heavy atom. The molecule has 4 aromatic rings. The Hall–Kier alpha value is -2.48. The fourth-order valence-corrected chi connectivity index (χ4v) is 2.62.